The van der Waals surface area contributed by atoms with Gasteiger partial charge in [0.1, 0.15) is 11.6 Å². The molecule has 1 saturated carbocycles. The standard InChI is InChI=1S/C27H37N5O/c1-18-13-22(14-19(2)25(18)33)16-28-15-20-9-11-21(12-10-20)17-29-27-30-24-8-6-5-7-23(24)26(31-27)32(3)4/h5-8,13-14,20-21,28,33H,9-12,15-17H2,1-4H3,(H,29,30,31). The predicted octanol–water partition coefficient (Wildman–Crippen LogP) is 5.03. The average molecular weight is 448 g/mol. The van der Waals surface area contributed by atoms with E-state index >= 15 is 0 Å². The van der Waals surface area contributed by atoms with Gasteiger partial charge in [-0.15, -0.1) is 0 Å². The number of anilines is 2. The van der Waals surface area contributed by atoms with Crippen LogP contribution in [0.15, 0.2) is 36.4 Å². The van der Waals surface area contributed by atoms with Gasteiger partial charge in [-0.05, 0) is 86.7 Å². The Bertz CT molecular complexity index is 1070. The van der Waals surface area contributed by atoms with Gasteiger partial charge >= 0.3 is 0 Å². The molecule has 0 saturated heterocycles. The third-order valence-corrected chi connectivity index (χ3v) is 6.83. The summed E-state index contributed by atoms with van der Waals surface area (Å²) in [4.78, 5) is 11.5. The summed E-state index contributed by atoms with van der Waals surface area (Å²) < 4.78 is 0. The Morgan fingerprint density at radius 1 is 0.939 bits per heavy atom. The van der Waals surface area contributed by atoms with E-state index < -0.39 is 0 Å². The summed E-state index contributed by atoms with van der Waals surface area (Å²) in [6, 6.07) is 12.3. The third kappa shape index (κ3) is 5.74. The molecule has 33 heavy (non-hydrogen) atoms. The Hall–Kier alpha value is -2.86. The topological polar surface area (TPSA) is 73.3 Å². The van der Waals surface area contributed by atoms with Crippen molar-refractivity contribution in [2.24, 2.45) is 11.8 Å². The lowest BCUT2D eigenvalue weighted by Gasteiger charge is -2.29. The van der Waals surface area contributed by atoms with E-state index in [2.05, 4.69) is 28.8 Å². The summed E-state index contributed by atoms with van der Waals surface area (Å²) in [5.41, 5.74) is 4.13. The van der Waals surface area contributed by atoms with E-state index in [4.69, 9.17) is 9.97 Å². The van der Waals surface area contributed by atoms with E-state index in [0.29, 0.717) is 11.7 Å². The number of aromatic hydroxyl groups is 1. The van der Waals surface area contributed by atoms with Gasteiger partial charge in [-0.25, -0.2) is 4.98 Å². The van der Waals surface area contributed by atoms with E-state index in [1.54, 1.807) is 0 Å². The normalized spacial score (nSPS) is 18.4. The van der Waals surface area contributed by atoms with Crippen molar-refractivity contribution in [3.8, 4) is 5.75 Å². The second-order valence-electron chi connectivity index (χ2n) is 9.76. The second-order valence-corrected chi connectivity index (χ2v) is 9.76. The van der Waals surface area contributed by atoms with Crippen molar-refractivity contribution >= 4 is 22.7 Å². The molecule has 1 aliphatic carbocycles. The molecule has 0 aliphatic heterocycles. The molecule has 1 aliphatic rings. The summed E-state index contributed by atoms with van der Waals surface area (Å²) in [7, 11) is 4.05. The Kier molecular flexibility index (Phi) is 7.33. The van der Waals surface area contributed by atoms with Crippen LogP contribution in [0.3, 0.4) is 0 Å². The van der Waals surface area contributed by atoms with Gasteiger partial charge in [0.2, 0.25) is 5.95 Å². The molecule has 0 radical (unpaired) electrons. The number of fused-ring (bicyclic) bond motifs is 1. The van der Waals surface area contributed by atoms with E-state index in [9.17, 15) is 5.11 Å². The quantitative estimate of drug-likeness (QED) is 0.450. The summed E-state index contributed by atoms with van der Waals surface area (Å²) in [6.07, 6.45) is 5.00. The van der Waals surface area contributed by atoms with E-state index in [1.165, 1.54) is 31.2 Å². The lowest BCUT2D eigenvalue weighted by Crippen LogP contribution is -2.28. The smallest absolute Gasteiger partial charge is 0.225 e. The van der Waals surface area contributed by atoms with Crippen LogP contribution < -0.4 is 15.5 Å². The van der Waals surface area contributed by atoms with Crippen molar-refractivity contribution in [3.05, 3.63) is 53.1 Å². The molecule has 0 unspecified atom stereocenters. The van der Waals surface area contributed by atoms with Crippen molar-refractivity contribution in [1.82, 2.24) is 15.3 Å². The van der Waals surface area contributed by atoms with Crippen molar-refractivity contribution in [1.29, 1.82) is 0 Å². The monoisotopic (exact) mass is 447 g/mol. The Morgan fingerprint density at radius 3 is 2.24 bits per heavy atom. The van der Waals surface area contributed by atoms with Crippen molar-refractivity contribution < 1.29 is 5.11 Å². The average Bonchev–Trinajstić information content (AvgIpc) is 2.81. The van der Waals surface area contributed by atoms with Crippen LogP contribution in [-0.2, 0) is 6.54 Å². The zero-order chi connectivity index (χ0) is 23.4. The number of rotatable bonds is 8. The number of phenols is 1. The second kappa shape index (κ2) is 10.4. The molecule has 3 aromatic rings. The highest BCUT2D eigenvalue weighted by Gasteiger charge is 2.21. The van der Waals surface area contributed by atoms with Crippen LogP contribution >= 0.6 is 0 Å². The first-order valence-corrected chi connectivity index (χ1v) is 12.1. The Morgan fingerprint density at radius 2 is 1.58 bits per heavy atom. The molecular formula is C27H37N5O. The van der Waals surface area contributed by atoms with Gasteiger partial charge in [-0.1, -0.05) is 24.3 Å². The predicted molar refractivity (Wildman–Crippen MR) is 137 cm³/mol. The molecule has 0 atom stereocenters. The van der Waals surface area contributed by atoms with Crippen molar-refractivity contribution in [3.63, 3.8) is 0 Å². The number of aromatic nitrogens is 2. The highest BCUT2D eigenvalue weighted by Crippen LogP contribution is 2.29. The zero-order valence-electron chi connectivity index (χ0n) is 20.4. The molecule has 176 valence electrons. The highest BCUT2D eigenvalue weighted by molar-refractivity contribution is 5.90. The van der Waals surface area contributed by atoms with E-state index in [1.807, 2.05) is 51.0 Å². The molecular weight excluding hydrogens is 410 g/mol. The zero-order valence-corrected chi connectivity index (χ0v) is 20.4. The Balaban J connectivity index is 1.24. The number of hydrogen-bond acceptors (Lipinski definition) is 6. The summed E-state index contributed by atoms with van der Waals surface area (Å²) in [5, 5.41) is 18.2. The molecule has 6 nitrogen and oxygen atoms in total. The summed E-state index contributed by atoms with van der Waals surface area (Å²) in [6.45, 7) is 6.77. The van der Waals surface area contributed by atoms with Gasteiger partial charge in [0.25, 0.3) is 0 Å². The highest BCUT2D eigenvalue weighted by atomic mass is 16.3. The molecule has 0 bridgehead atoms. The van der Waals surface area contributed by atoms with Crippen LogP contribution in [0.25, 0.3) is 10.9 Å². The maximum absolute atomic E-state index is 9.95. The maximum atomic E-state index is 9.95. The molecule has 6 heteroatoms. The maximum Gasteiger partial charge on any atom is 0.225 e. The molecule has 1 fully saturated rings. The molecule has 3 N–H and O–H groups in total. The van der Waals surface area contributed by atoms with Crippen LogP contribution in [0.1, 0.15) is 42.4 Å². The first kappa shape index (κ1) is 23.3. The van der Waals surface area contributed by atoms with Crippen LogP contribution in [0, 0.1) is 25.7 Å². The van der Waals surface area contributed by atoms with Crippen LogP contribution in [0.4, 0.5) is 11.8 Å². The number of nitrogens with one attached hydrogen (secondary N) is 2. The minimum atomic E-state index is 0.415. The van der Waals surface area contributed by atoms with Gasteiger partial charge < -0.3 is 20.6 Å². The lowest BCUT2D eigenvalue weighted by molar-refractivity contribution is 0.275. The number of aryl methyl sites for hydroxylation is 2. The van der Waals surface area contributed by atoms with Gasteiger partial charge in [0.15, 0.2) is 0 Å². The number of phenolic OH excluding ortho intramolecular Hbond substituents is 1. The van der Waals surface area contributed by atoms with Crippen molar-refractivity contribution in [2.75, 3.05) is 37.4 Å². The number of hydrogen-bond donors (Lipinski definition) is 3. The minimum absolute atomic E-state index is 0.415. The van der Waals surface area contributed by atoms with Crippen LogP contribution in [0.5, 0.6) is 5.75 Å². The number of benzene rings is 2. The molecule has 1 heterocycles. The van der Waals surface area contributed by atoms with E-state index in [0.717, 1.165) is 59.3 Å². The lowest BCUT2D eigenvalue weighted by atomic mass is 9.82. The number of para-hydroxylation sites is 1. The molecule has 4 rings (SSSR count). The molecule has 0 amide bonds. The van der Waals surface area contributed by atoms with Crippen LogP contribution in [0.2, 0.25) is 0 Å². The fraction of sp³-hybridized carbons (Fsp3) is 0.481. The first-order valence-electron chi connectivity index (χ1n) is 12.1. The van der Waals surface area contributed by atoms with Crippen LogP contribution in [-0.4, -0.2) is 42.3 Å². The molecule has 2 aromatic carbocycles. The molecule has 1 aromatic heterocycles. The summed E-state index contributed by atoms with van der Waals surface area (Å²) in [5.74, 6) is 3.50. The van der Waals surface area contributed by atoms with Gasteiger partial charge in [-0.3, -0.25) is 0 Å². The van der Waals surface area contributed by atoms with Gasteiger partial charge in [0, 0.05) is 32.6 Å². The molecule has 0 spiro atoms. The minimum Gasteiger partial charge on any atom is -0.507 e. The van der Waals surface area contributed by atoms with Crippen molar-refractivity contribution in [2.45, 2.75) is 46.1 Å². The van der Waals surface area contributed by atoms with Gasteiger partial charge in [-0.2, -0.15) is 4.98 Å². The third-order valence-electron chi connectivity index (χ3n) is 6.83. The first-order chi connectivity index (χ1) is 15.9. The summed E-state index contributed by atoms with van der Waals surface area (Å²) >= 11 is 0. The largest absolute Gasteiger partial charge is 0.507 e. The fourth-order valence-electron chi connectivity index (χ4n) is 4.92. The SMILES string of the molecule is Cc1cc(CNCC2CCC(CNc3nc(N(C)C)c4ccccc4n3)CC2)cc(C)c1O. The van der Waals surface area contributed by atoms with E-state index in [-0.39, 0.29) is 0 Å². The Labute approximate surface area is 197 Å². The number of nitrogens with zero attached hydrogens (tertiary/aromatic N) is 3. The van der Waals surface area contributed by atoms with Gasteiger partial charge in [0.05, 0.1) is 5.52 Å². The fourth-order valence-corrected chi connectivity index (χ4v) is 4.92.